The fourth-order valence-corrected chi connectivity index (χ4v) is 3.95. The monoisotopic (exact) mass is 336 g/mol. The maximum absolute atomic E-state index is 10.4. The van der Waals surface area contributed by atoms with Crippen LogP contribution < -0.4 is 4.74 Å². The molecule has 0 radical (unpaired) electrons. The predicted octanol–water partition coefficient (Wildman–Crippen LogP) is 4.63. The molecule has 0 saturated carbocycles. The van der Waals surface area contributed by atoms with Crippen molar-refractivity contribution in [3.8, 4) is 5.75 Å². The molecule has 1 aromatic carbocycles. The molecule has 108 valence electrons. The normalized spacial score (nSPS) is 33.1. The van der Waals surface area contributed by atoms with Crippen LogP contribution in [-0.4, -0.2) is 11.2 Å². The van der Waals surface area contributed by atoms with E-state index in [1.165, 1.54) is 5.57 Å². The first-order valence-corrected chi connectivity index (χ1v) is 8.13. The summed E-state index contributed by atoms with van der Waals surface area (Å²) in [7, 11) is 0. The Morgan fingerprint density at radius 3 is 2.85 bits per heavy atom. The van der Waals surface area contributed by atoms with Crippen molar-refractivity contribution in [2.75, 3.05) is 0 Å². The lowest BCUT2D eigenvalue weighted by molar-refractivity contribution is 0.0273. The molecule has 0 saturated heterocycles. The first kappa shape index (κ1) is 14.2. The topological polar surface area (TPSA) is 29.5 Å². The molecular formula is C17H21BrO2. The average molecular weight is 337 g/mol. The molecular weight excluding hydrogens is 316 g/mol. The van der Waals surface area contributed by atoms with E-state index in [4.69, 9.17) is 4.74 Å². The van der Waals surface area contributed by atoms with Gasteiger partial charge < -0.3 is 9.84 Å². The molecule has 0 amide bonds. The first-order valence-electron chi connectivity index (χ1n) is 7.34. The van der Waals surface area contributed by atoms with E-state index in [9.17, 15) is 5.11 Å². The highest BCUT2D eigenvalue weighted by Crippen LogP contribution is 2.42. The average Bonchev–Trinajstić information content (AvgIpc) is 2.36. The van der Waals surface area contributed by atoms with Crippen molar-refractivity contribution in [3.63, 3.8) is 0 Å². The van der Waals surface area contributed by atoms with Crippen molar-refractivity contribution < 1.29 is 9.84 Å². The smallest absolute Gasteiger partial charge is 0.126 e. The lowest BCUT2D eigenvalue weighted by Gasteiger charge is -2.37. The summed E-state index contributed by atoms with van der Waals surface area (Å²) in [6.07, 6.45) is 5.03. The van der Waals surface area contributed by atoms with Gasteiger partial charge in [0.2, 0.25) is 0 Å². The van der Waals surface area contributed by atoms with Crippen LogP contribution in [-0.2, 0) is 0 Å². The Bertz CT molecular complexity index is 538. The fraction of sp³-hybridized carbons (Fsp3) is 0.529. The number of allylic oxidation sites excluding steroid dienone is 2. The van der Waals surface area contributed by atoms with Crippen molar-refractivity contribution in [2.24, 2.45) is 11.8 Å². The lowest BCUT2D eigenvalue weighted by Crippen LogP contribution is -2.35. The summed E-state index contributed by atoms with van der Waals surface area (Å²) in [6, 6.07) is 5.88. The minimum atomic E-state index is -0.404. The number of benzene rings is 1. The highest BCUT2D eigenvalue weighted by Gasteiger charge is 2.34. The highest BCUT2D eigenvalue weighted by atomic mass is 79.9. The molecule has 0 bridgehead atoms. The van der Waals surface area contributed by atoms with Crippen LogP contribution >= 0.6 is 15.9 Å². The van der Waals surface area contributed by atoms with Gasteiger partial charge in [0.05, 0.1) is 6.10 Å². The molecule has 0 aromatic heterocycles. The molecule has 1 heterocycles. The molecule has 2 nitrogen and oxygen atoms in total. The van der Waals surface area contributed by atoms with Gasteiger partial charge in [-0.1, -0.05) is 40.6 Å². The van der Waals surface area contributed by atoms with E-state index in [2.05, 4.69) is 35.9 Å². The standard InChI is InChI=1S/C17H21BrO2/c1-10-5-11(2)7-12(6-10)16-9-15(19)14-4-3-13(18)8-17(14)20-16/h3-5,8,10,12,15-16,19H,6-7,9H2,1-2H3/t10?,12?,15-,16?/m1/s1. The van der Waals surface area contributed by atoms with Crippen LogP contribution in [0.5, 0.6) is 5.75 Å². The molecule has 4 atom stereocenters. The van der Waals surface area contributed by atoms with Crippen LogP contribution in [0.15, 0.2) is 34.3 Å². The van der Waals surface area contributed by atoms with Crippen molar-refractivity contribution in [2.45, 2.75) is 45.3 Å². The predicted molar refractivity (Wildman–Crippen MR) is 83.8 cm³/mol. The molecule has 1 aliphatic carbocycles. The number of ether oxygens (including phenoxy) is 1. The Balaban J connectivity index is 1.82. The van der Waals surface area contributed by atoms with E-state index in [1.54, 1.807) is 0 Å². The summed E-state index contributed by atoms with van der Waals surface area (Å²) in [5.74, 6) is 1.96. The van der Waals surface area contributed by atoms with Gasteiger partial charge in [0.15, 0.2) is 0 Å². The van der Waals surface area contributed by atoms with Gasteiger partial charge in [-0.05, 0) is 37.8 Å². The minimum absolute atomic E-state index is 0.123. The SMILES string of the molecule is CC1=CC(C)CC(C2C[C@@H](O)c3ccc(Br)cc3O2)C1. The molecule has 1 N–H and O–H groups in total. The van der Waals surface area contributed by atoms with Gasteiger partial charge in [-0.2, -0.15) is 0 Å². The fourth-order valence-electron chi connectivity index (χ4n) is 3.61. The number of hydrogen-bond donors (Lipinski definition) is 1. The molecule has 1 aliphatic heterocycles. The summed E-state index contributed by atoms with van der Waals surface area (Å²) >= 11 is 3.47. The summed E-state index contributed by atoms with van der Waals surface area (Å²) in [5, 5.41) is 10.4. The van der Waals surface area contributed by atoms with E-state index in [1.807, 2.05) is 18.2 Å². The van der Waals surface area contributed by atoms with Crippen molar-refractivity contribution in [1.82, 2.24) is 0 Å². The van der Waals surface area contributed by atoms with Crippen molar-refractivity contribution >= 4 is 15.9 Å². The summed E-state index contributed by atoms with van der Waals surface area (Å²) in [4.78, 5) is 0. The number of rotatable bonds is 1. The minimum Gasteiger partial charge on any atom is -0.490 e. The van der Waals surface area contributed by atoms with Crippen molar-refractivity contribution in [3.05, 3.63) is 39.9 Å². The first-order chi connectivity index (χ1) is 9.52. The van der Waals surface area contributed by atoms with E-state index in [-0.39, 0.29) is 6.10 Å². The molecule has 3 heteroatoms. The molecule has 0 spiro atoms. The highest BCUT2D eigenvalue weighted by molar-refractivity contribution is 9.10. The molecule has 3 rings (SSSR count). The van der Waals surface area contributed by atoms with E-state index < -0.39 is 6.10 Å². The van der Waals surface area contributed by atoms with Crippen LogP contribution in [0.2, 0.25) is 0 Å². The number of aliphatic hydroxyl groups excluding tert-OH is 1. The molecule has 2 aliphatic rings. The number of halogens is 1. The summed E-state index contributed by atoms with van der Waals surface area (Å²) in [5.41, 5.74) is 2.37. The largest absolute Gasteiger partial charge is 0.490 e. The second-order valence-electron chi connectivity index (χ2n) is 6.28. The third-order valence-electron chi connectivity index (χ3n) is 4.42. The second-order valence-corrected chi connectivity index (χ2v) is 7.20. The number of aliphatic hydroxyl groups is 1. The molecule has 20 heavy (non-hydrogen) atoms. The molecule has 1 aromatic rings. The number of fused-ring (bicyclic) bond motifs is 1. The molecule has 3 unspecified atom stereocenters. The van der Waals surface area contributed by atoms with Crippen LogP contribution in [0.3, 0.4) is 0 Å². The zero-order chi connectivity index (χ0) is 14.3. The van der Waals surface area contributed by atoms with Crippen LogP contribution in [0, 0.1) is 11.8 Å². The lowest BCUT2D eigenvalue weighted by atomic mass is 9.78. The Hall–Kier alpha value is -0.800. The molecule has 0 fully saturated rings. The van der Waals surface area contributed by atoms with E-state index in [0.717, 1.165) is 28.6 Å². The zero-order valence-corrected chi connectivity index (χ0v) is 13.6. The number of hydrogen-bond acceptors (Lipinski definition) is 2. The van der Waals surface area contributed by atoms with Gasteiger partial charge in [0, 0.05) is 22.4 Å². The third-order valence-corrected chi connectivity index (χ3v) is 4.92. The maximum atomic E-state index is 10.4. The van der Waals surface area contributed by atoms with Gasteiger partial charge in [-0.25, -0.2) is 0 Å². The Morgan fingerprint density at radius 2 is 2.10 bits per heavy atom. The second kappa shape index (κ2) is 5.53. The Labute approximate surface area is 129 Å². The quantitative estimate of drug-likeness (QED) is 0.758. The van der Waals surface area contributed by atoms with Crippen LogP contribution in [0.1, 0.15) is 44.8 Å². The van der Waals surface area contributed by atoms with Crippen LogP contribution in [0.25, 0.3) is 0 Å². The summed E-state index contributed by atoms with van der Waals surface area (Å²) in [6.45, 7) is 4.46. The Kier molecular flexibility index (Phi) is 3.91. The summed E-state index contributed by atoms with van der Waals surface area (Å²) < 4.78 is 7.20. The van der Waals surface area contributed by atoms with Gasteiger partial charge in [-0.3, -0.25) is 0 Å². The van der Waals surface area contributed by atoms with Gasteiger partial charge >= 0.3 is 0 Å². The van der Waals surface area contributed by atoms with Gasteiger partial charge in [-0.15, -0.1) is 0 Å². The Morgan fingerprint density at radius 1 is 1.30 bits per heavy atom. The van der Waals surface area contributed by atoms with Crippen molar-refractivity contribution in [1.29, 1.82) is 0 Å². The van der Waals surface area contributed by atoms with E-state index in [0.29, 0.717) is 18.3 Å². The zero-order valence-electron chi connectivity index (χ0n) is 12.0. The van der Waals surface area contributed by atoms with E-state index >= 15 is 0 Å². The maximum Gasteiger partial charge on any atom is 0.126 e. The van der Waals surface area contributed by atoms with Gasteiger partial charge in [0.25, 0.3) is 0 Å². The third kappa shape index (κ3) is 2.79. The van der Waals surface area contributed by atoms with Crippen LogP contribution in [0.4, 0.5) is 0 Å². The van der Waals surface area contributed by atoms with Gasteiger partial charge in [0.1, 0.15) is 11.9 Å².